The Morgan fingerprint density at radius 1 is 1.27 bits per heavy atom. The number of nitrogens with zero attached hydrogens (tertiary/aromatic N) is 1. The SMILES string of the molecule is CCCCCCC(C)(C)c1cc(O)c2c(c1)OC(C)(C)C1CCC(O[N+](=O)[O-])CC21. The molecule has 1 aromatic carbocycles. The van der Waals surface area contributed by atoms with Crippen LogP contribution in [0, 0.1) is 16.0 Å². The molecule has 0 aromatic heterocycles. The molecule has 1 N–H and O–H groups in total. The largest absolute Gasteiger partial charge is 0.508 e. The molecule has 30 heavy (non-hydrogen) atoms. The van der Waals surface area contributed by atoms with Gasteiger partial charge in [0.15, 0.2) is 0 Å². The normalized spacial score (nSPS) is 25.0. The number of phenolic OH excluding ortho intramolecular Hbond substituents is 1. The number of benzene rings is 1. The molecule has 1 heterocycles. The molecule has 1 saturated carbocycles. The highest BCUT2D eigenvalue weighted by atomic mass is 17.0. The van der Waals surface area contributed by atoms with Crippen molar-refractivity contribution in [2.75, 3.05) is 0 Å². The lowest BCUT2D eigenvalue weighted by molar-refractivity contribution is -0.769. The van der Waals surface area contributed by atoms with Gasteiger partial charge >= 0.3 is 0 Å². The predicted molar refractivity (Wildman–Crippen MR) is 117 cm³/mol. The predicted octanol–water partition coefficient (Wildman–Crippen LogP) is 6.27. The van der Waals surface area contributed by atoms with Crippen molar-refractivity contribution in [1.29, 1.82) is 0 Å². The van der Waals surface area contributed by atoms with E-state index < -0.39 is 16.8 Å². The Kier molecular flexibility index (Phi) is 6.54. The lowest BCUT2D eigenvalue weighted by Crippen LogP contribution is -2.48. The van der Waals surface area contributed by atoms with E-state index in [9.17, 15) is 15.2 Å². The molecule has 168 valence electrons. The Morgan fingerprint density at radius 3 is 2.67 bits per heavy atom. The summed E-state index contributed by atoms with van der Waals surface area (Å²) < 4.78 is 6.43. The van der Waals surface area contributed by atoms with E-state index in [0.717, 1.165) is 36.1 Å². The molecule has 0 amide bonds. The van der Waals surface area contributed by atoms with Crippen LogP contribution in [-0.4, -0.2) is 21.9 Å². The van der Waals surface area contributed by atoms with Crippen molar-refractivity contribution in [2.45, 2.75) is 109 Å². The van der Waals surface area contributed by atoms with Gasteiger partial charge in [-0.1, -0.05) is 46.5 Å². The molecule has 2 aliphatic rings. The van der Waals surface area contributed by atoms with E-state index in [-0.39, 0.29) is 23.0 Å². The molecule has 1 aromatic rings. The molecule has 3 atom stereocenters. The van der Waals surface area contributed by atoms with E-state index in [1.165, 1.54) is 19.3 Å². The number of unbranched alkanes of at least 4 members (excludes halogenated alkanes) is 3. The number of hydrogen-bond acceptors (Lipinski definition) is 5. The summed E-state index contributed by atoms with van der Waals surface area (Å²) >= 11 is 0. The maximum absolute atomic E-state index is 11.0. The van der Waals surface area contributed by atoms with E-state index in [0.29, 0.717) is 12.8 Å². The van der Waals surface area contributed by atoms with Crippen LogP contribution in [0.15, 0.2) is 12.1 Å². The first kappa shape index (κ1) is 22.7. The van der Waals surface area contributed by atoms with Gasteiger partial charge in [-0.2, -0.15) is 0 Å². The zero-order valence-electron chi connectivity index (χ0n) is 19.1. The number of ether oxygens (including phenoxy) is 1. The van der Waals surface area contributed by atoms with Gasteiger partial charge in [-0.15, -0.1) is 10.1 Å². The van der Waals surface area contributed by atoms with Gasteiger partial charge in [-0.25, -0.2) is 0 Å². The molecule has 1 aliphatic carbocycles. The number of aromatic hydroxyl groups is 1. The molecule has 0 bridgehead atoms. The van der Waals surface area contributed by atoms with Crippen molar-refractivity contribution >= 4 is 0 Å². The minimum atomic E-state index is -0.694. The van der Waals surface area contributed by atoms with Crippen LogP contribution in [0.25, 0.3) is 0 Å². The highest BCUT2D eigenvalue weighted by Gasteiger charge is 2.48. The number of fused-ring (bicyclic) bond motifs is 3. The standard InChI is InChI=1S/C24H37NO5/c1-6-7-8-9-12-23(2,3)16-13-20(26)22-18-15-17(30-25(27)28)10-11-19(18)24(4,5)29-21(22)14-16/h13-14,17-19,26H,6-12,15H2,1-5H3. The second-order valence-corrected chi connectivity index (χ2v) is 10.3. The molecule has 0 spiro atoms. The highest BCUT2D eigenvalue weighted by molar-refractivity contribution is 5.53. The van der Waals surface area contributed by atoms with Gasteiger partial charge in [0.25, 0.3) is 5.09 Å². The summed E-state index contributed by atoms with van der Waals surface area (Å²) in [7, 11) is 0. The van der Waals surface area contributed by atoms with Gasteiger partial charge < -0.3 is 14.7 Å². The van der Waals surface area contributed by atoms with E-state index in [1.54, 1.807) is 0 Å². The van der Waals surface area contributed by atoms with Crippen LogP contribution in [0.3, 0.4) is 0 Å². The Labute approximate surface area is 180 Å². The van der Waals surface area contributed by atoms with Gasteiger partial charge in [0, 0.05) is 11.5 Å². The van der Waals surface area contributed by atoms with E-state index >= 15 is 0 Å². The first-order chi connectivity index (χ1) is 14.0. The summed E-state index contributed by atoms with van der Waals surface area (Å²) in [4.78, 5) is 15.8. The smallest absolute Gasteiger partial charge is 0.294 e. The molecule has 1 fully saturated rings. The monoisotopic (exact) mass is 419 g/mol. The first-order valence-corrected chi connectivity index (χ1v) is 11.4. The molecule has 3 rings (SSSR count). The average Bonchev–Trinajstić information content (AvgIpc) is 2.63. The lowest BCUT2D eigenvalue weighted by Gasteiger charge is -2.49. The summed E-state index contributed by atoms with van der Waals surface area (Å²) in [5.74, 6) is 1.15. The van der Waals surface area contributed by atoms with Crippen molar-refractivity contribution in [3.63, 3.8) is 0 Å². The molecule has 1 aliphatic heterocycles. The molecule has 6 nitrogen and oxygen atoms in total. The summed E-state index contributed by atoms with van der Waals surface area (Å²) in [6, 6.07) is 3.97. The molecule has 6 heteroatoms. The van der Waals surface area contributed by atoms with Crippen LogP contribution in [0.2, 0.25) is 0 Å². The second-order valence-electron chi connectivity index (χ2n) is 10.3. The Hall–Kier alpha value is -1.98. The summed E-state index contributed by atoms with van der Waals surface area (Å²) in [5.41, 5.74) is 1.42. The van der Waals surface area contributed by atoms with Crippen molar-refractivity contribution in [2.24, 2.45) is 5.92 Å². The lowest BCUT2D eigenvalue weighted by atomic mass is 9.65. The summed E-state index contributed by atoms with van der Waals surface area (Å²) in [6.45, 7) is 10.8. The van der Waals surface area contributed by atoms with Crippen LogP contribution < -0.4 is 4.74 Å². The van der Waals surface area contributed by atoms with Crippen molar-refractivity contribution < 1.29 is 19.8 Å². The molecular weight excluding hydrogens is 382 g/mol. The second kappa shape index (κ2) is 8.64. The third-order valence-corrected chi connectivity index (χ3v) is 7.23. The average molecular weight is 420 g/mol. The molecule has 3 unspecified atom stereocenters. The fourth-order valence-corrected chi connectivity index (χ4v) is 5.46. The highest BCUT2D eigenvalue weighted by Crippen LogP contribution is 2.55. The Morgan fingerprint density at radius 2 is 2.00 bits per heavy atom. The molecule has 0 saturated heterocycles. The van der Waals surface area contributed by atoms with Gasteiger partial charge in [0.2, 0.25) is 0 Å². The summed E-state index contributed by atoms with van der Waals surface area (Å²) in [5, 5.41) is 21.2. The maximum Gasteiger partial charge on any atom is 0.294 e. The van der Waals surface area contributed by atoms with Crippen LogP contribution in [-0.2, 0) is 10.3 Å². The Balaban J connectivity index is 1.90. The van der Waals surface area contributed by atoms with Crippen LogP contribution in [0.1, 0.15) is 103 Å². The minimum absolute atomic E-state index is 0.0100. The summed E-state index contributed by atoms with van der Waals surface area (Å²) in [6.07, 6.45) is 7.41. The fraction of sp³-hybridized carbons (Fsp3) is 0.750. The number of hydrogen-bond donors (Lipinski definition) is 1. The van der Waals surface area contributed by atoms with Crippen molar-refractivity contribution in [3.05, 3.63) is 33.4 Å². The maximum atomic E-state index is 11.0. The Bertz CT molecular complexity index is 773. The van der Waals surface area contributed by atoms with Crippen molar-refractivity contribution in [1.82, 2.24) is 0 Å². The van der Waals surface area contributed by atoms with Gasteiger partial charge in [-0.3, -0.25) is 0 Å². The van der Waals surface area contributed by atoms with Crippen molar-refractivity contribution in [3.8, 4) is 11.5 Å². The fourth-order valence-electron chi connectivity index (χ4n) is 5.46. The van der Waals surface area contributed by atoms with E-state index in [2.05, 4.69) is 40.7 Å². The number of rotatable bonds is 8. The van der Waals surface area contributed by atoms with Crippen LogP contribution >= 0.6 is 0 Å². The van der Waals surface area contributed by atoms with E-state index in [1.807, 2.05) is 6.07 Å². The van der Waals surface area contributed by atoms with Crippen LogP contribution in [0.4, 0.5) is 0 Å². The van der Waals surface area contributed by atoms with E-state index in [4.69, 9.17) is 9.57 Å². The van der Waals surface area contributed by atoms with Crippen LogP contribution in [0.5, 0.6) is 11.5 Å². The van der Waals surface area contributed by atoms with Gasteiger partial charge in [0.1, 0.15) is 23.2 Å². The first-order valence-electron chi connectivity index (χ1n) is 11.4. The number of phenols is 1. The topological polar surface area (TPSA) is 81.8 Å². The third-order valence-electron chi connectivity index (χ3n) is 7.23. The quantitative estimate of drug-likeness (QED) is 0.305. The third kappa shape index (κ3) is 4.68. The van der Waals surface area contributed by atoms with Gasteiger partial charge in [0.05, 0.1) is 0 Å². The minimum Gasteiger partial charge on any atom is -0.508 e. The molecule has 0 radical (unpaired) electrons. The van der Waals surface area contributed by atoms with Gasteiger partial charge in [-0.05, 0) is 68.6 Å². The zero-order chi connectivity index (χ0) is 22.1. The zero-order valence-corrected chi connectivity index (χ0v) is 19.1. The molecular formula is C24H37NO5.